The highest BCUT2D eigenvalue weighted by Gasteiger charge is 2.35. The van der Waals surface area contributed by atoms with Crippen molar-refractivity contribution in [2.24, 2.45) is 5.73 Å². The summed E-state index contributed by atoms with van der Waals surface area (Å²) in [4.78, 5) is 26.8. The van der Waals surface area contributed by atoms with Crippen molar-refractivity contribution < 1.29 is 27.8 Å². The monoisotopic (exact) mass is 502 g/mol. The number of nitrogens with two attached hydrogens (primary N) is 1. The van der Waals surface area contributed by atoms with E-state index in [-0.39, 0.29) is 31.1 Å². The molecule has 0 aliphatic carbocycles. The third-order valence-electron chi connectivity index (χ3n) is 5.77. The lowest BCUT2D eigenvalue weighted by Gasteiger charge is -2.39. The molecule has 190 valence electrons. The van der Waals surface area contributed by atoms with Gasteiger partial charge in [-0.25, -0.2) is 18.3 Å². The molecular weight excluding hydrogens is 478 g/mol. The number of halogens is 2. The van der Waals surface area contributed by atoms with Gasteiger partial charge in [-0.15, -0.1) is 15.3 Å². The van der Waals surface area contributed by atoms with Gasteiger partial charge in [0.1, 0.15) is 18.3 Å². The van der Waals surface area contributed by atoms with E-state index in [1.807, 2.05) is 0 Å². The minimum absolute atomic E-state index is 0.0605. The number of hydrogen-bond acceptors (Lipinski definition) is 9. The molecule has 2 amide bonds. The normalized spacial score (nSPS) is 15.8. The Balaban J connectivity index is 1.42. The smallest absolute Gasteiger partial charge is 0.410 e. The van der Waals surface area contributed by atoms with Crippen LogP contribution in [0.5, 0.6) is 5.88 Å². The van der Waals surface area contributed by atoms with Crippen molar-refractivity contribution in [1.29, 1.82) is 0 Å². The van der Waals surface area contributed by atoms with E-state index in [0.29, 0.717) is 29.4 Å². The van der Waals surface area contributed by atoms with Crippen molar-refractivity contribution in [1.82, 2.24) is 30.1 Å². The third-order valence-corrected chi connectivity index (χ3v) is 5.77. The van der Waals surface area contributed by atoms with Crippen LogP contribution in [0, 0.1) is 6.92 Å². The van der Waals surface area contributed by atoms with Gasteiger partial charge in [0.2, 0.25) is 11.8 Å². The fourth-order valence-electron chi connectivity index (χ4n) is 3.78. The number of anilines is 1. The second-order valence-electron chi connectivity index (χ2n) is 7.97. The Morgan fingerprint density at radius 2 is 1.86 bits per heavy atom. The van der Waals surface area contributed by atoms with E-state index >= 15 is 0 Å². The van der Waals surface area contributed by atoms with E-state index in [1.54, 1.807) is 24.0 Å². The second kappa shape index (κ2) is 10.5. The van der Waals surface area contributed by atoms with Gasteiger partial charge in [0.25, 0.3) is 6.43 Å². The summed E-state index contributed by atoms with van der Waals surface area (Å²) in [6.07, 6.45) is -3.18. The lowest BCUT2D eigenvalue weighted by atomic mass is 10.1. The molecule has 0 bridgehead atoms. The molecule has 1 saturated heterocycles. The molecule has 1 aliphatic rings. The zero-order chi connectivity index (χ0) is 25.8. The number of piperazine rings is 1. The number of carbonyl (C=O) groups excluding carboxylic acids is 2. The Morgan fingerprint density at radius 1 is 1.11 bits per heavy atom. The van der Waals surface area contributed by atoms with Crippen molar-refractivity contribution in [3.63, 3.8) is 0 Å². The van der Waals surface area contributed by atoms with Crippen molar-refractivity contribution in [3.05, 3.63) is 53.3 Å². The van der Waals surface area contributed by atoms with Crippen LogP contribution < -0.4 is 15.4 Å². The van der Waals surface area contributed by atoms with Crippen molar-refractivity contribution >= 4 is 17.8 Å². The molecule has 12 nitrogen and oxygen atoms in total. The number of primary amides is 1. The van der Waals surface area contributed by atoms with Gasteiger partial charge in [-0.3, -0.25) is 9.69 Å². The number of benzene rings is 1. The second-order valence-corrected chi connectivity index (χ2v) is 7.97. The highest BCUT2D eigenvalue weighted by Crippen LogP contribution is 2.22. The number of amides is 2. The van der Waals surface area contributed by atoms with Crippen molar-refractivity contribution in [2.45, 2.75) is 26.0 Å². The first-order chi connectivity index (χ1) is 17.3. The van der Waals surface area contributed by atoms with Crippen LogP contribution in [0.15, 0.2) is 36.4 Å². The zero-order valence-corrected chi connectivity index (χ0v) is 19.5. The molecule has 36 heavy (non-hydrogen) atoms. The lowest BCUT2D eigenvalue weighted by Crippen LogP contribution is -2.60. The van der Waals surface area contributed by atoms with E-state index in [9.17, 15) is 18.4 Å². The molecule has 3 aromatic rings. The summed E-state index contributed by atoms with van der Waals surface area (Å²) in [7, 11) is 1.24. The summed E-state index contributed by atoms with van der Waals surface area (Å²) in [6.45, 7) is 2.60. The van der Waals surface area contributed by atoms with Crippen LogP contribution in [0.1, 0.15) is 23.4 Å². The molecule has 3 heterocycles. The Hall–Kier alpha value is -4.36. The summed E-state index contributed by atoms with van der Waals surface area (Å²) in [5.41, 5.74) is 7.18. The number of methoxy groups -OCH3 is 1. The minimum Gasteiger partial charge on any atom is -0.470 e. The summed E-state index contributed by atoms with van der Waals surface area (Å²) in [5.74, 6) is 0.0705. The molecule has 1 fully saturated rings. The van der Waals surface area contributed by atoms with E-state index in [1.165, 1.54) is 41.0 Å². The molecule has 2 N–H and O–H groups in total. The molecule has 2 aromatic heterocycles. The van der Waals surface area contributed by atoms with E-state index < -0.39 is 24.5 Å². The number of hydrogen-bond donors (Lipinski definition) is 1. The van der Waals surface area contributed by atoms with Gasteiger partial charge in [0.15, 0.2) is 5.82 Å². The number of nitrogens with zero attached hydrogens (tertiary/aromatic N) is 7. The van der Waals surface area contributed by atoms with E-state index in [4.69, 9.17) is 15.2 Å². The van der Waals surface area contributed by atoms with Crippen LogP contribution in [-0.2, 0) is 16.1 Å². The maximum Gasteiger partial charge on any atom is 0.410 e. The number of alkyl halides is 2. The molecule has 14 heteroatoms. The van der Waals surface area contributed by atoms with Crippen molar-refractivity contribution in [3.8, 4) is 11.6 Å². The number of aryl methyl sites for hydroxylation is 1. The molecular formula is C22H24F2N8O4. The van der Waals surface area contributed by atoms with Crippen LogP contribution in [0.4, 0.5) is 19.4 Å². The van der Waals surface area contributed by atoms with Gasteiger partial charge < -0.3 is 20.1 Å². The van der Waals surface area contributed by atoms with Gasteiger partial charge in [0.05, 0.1) is 18.5 Å². The van der Waals surface area contributed by atoms with Crippen LogP contribution in [0.25, 0.3) is 5.69 Å². The fourth-order valence-corrected chi connectivity index (χ4v) is 3.78. The van der Waals surface area contributed by atoms with Crippen molar-refractivity contribution in [2.75, 3.05) is 31.6 Å². The molecule has 1 aromatic carbocycles. The third kappa shape index (κ3) is 5.16. The van der Waals surface area contributed by atoms with Crippen LogP contribution >= 0.6 is 0 Å². The average Bonchev–Trinajstić information content (AvgIpc) is 3.27. The zero-order valence-electron chi connectivity index (χ0n) is 19.5. The van der Waals surface area contributed by atoms with Crippen LogP contribution in [-0.4, -0.2) is 74.9 Å². The summed E-state index contributed by atoms with van der Waals surface area (Å²) in [5, 5.41) is 16.4. The standard InChI is InChI=1S/C22H24F2N8O4/c1-13-17(32(29-26-13)15-5-3-14(4-6-15)20(23)24)12-36-19-8-7-18(27-28-19)30-9-10-31(22(34)35-2)16(11-30)21(25)33/h3-8,16,20H,9-12H2,1-2H3,(H2,25,33)/t16-/m0/s1. The number of aromatic nitrogens is 5. The van der Waals surface area contributed by atoms with Gasteiger partial charge in [-0.2, -0.15) is 0 Å². The van der Waals surface area contributed by atoms with Gasteiger partial charge >= 0.3 is 6.09 Å². The summed E-state index contributed by atoms with van der Waals surface area (Å²) < 4.78 is 37.7. The maximum atomic E-state index is 12.8. The maximum absolute atomic E-state index is 12.8. The molecule has 0 saturated carbocycles. The largest absolute Gasteiger partial charge is 0.470 e. The van der Waals surface area contributed by atoms with E-state index in [0.717, 1.165) is 0 Å². The van der Waals surface area contributed by atoms with Gasteiger partial charge in [0, 0.05) is 31.3 Å². The van der Waals surface area contributed by atoms with E-state index in [2.05, 4.69) is 20.5 Å². The predicted octanol–water partition coefficient (Wildman–Crippen LogP) is 1.62. The Labute approximate surface area is 204 Å². The molecule has 0 unspecified atom stereocenters. The average molecular weight is 502 g/mol. The Kier molecular flexibility index (Phi) is 7.22. The van der Waals surface area contributed by atoms with Gasteiger partial charge in [-0.05, 0) is 25.1 Å². The Bertz CT molecular complexity index is 1220. The summed E-state index contributed by atoms with van der Waals surface area (Å²) >= 11 is 0. The highest BCUT2D eigenvalue weighted by molar-refractivity contribution is 5.85. The minimum atomic E-state index is -2.56. The molecule has 0 radical (unpaired) electrons. The van der Waals surface area contributed by atoms with Crippen LogP contribution in [0.3, 0.4) is 0 Å². The number of ether oxygens (including phenoxy) is 2. The SMILES string of the molecule is COC(=O)N1CCN(c2ccc(OCc3c(C)nnn3-c3ccc(C(F)F)cc3)nn2)C[C@H]1C(N)=O. The predicted molar refractivity (Wildman–Crippen MR) is 122 cm³/mol. The molecule has 0 spiro atoms. The Morgan fingerprint density at radius 3 is 2.47 bits per heavy atom. The molecule has 4 rings (SSSR count). The highest BCUT2D eigenvalue weighted by atomic mass is 19.3. The first-order valence-electron chi connectivity index (χ1n) is 10.9. The van der Waals surface area contributed by atoms with Gasteiger partial charge in [-0.1, -0.05) is 17.3 Å². The number of rotatable bonds is 7. The quantitative estimate of drug-likeness (QED) is 0.510. The lowest BCUT2D eigenvalue weighted by molar-refractivity contribution is -0.122. The first kappa shape index (κ1) is 24.8. The first-order valence-corrected chi connectivity index (χ1v) is 10.9. The molecule has 1 aliphatic heterocycles. The van der Waals surface area contributed by atoms with Crippen LogP contribution in [0.2, 0.25) is 0 Å². The fraction of sp³-hybridized carbons (Fsp3) is 0.364. The number of carbonyl (C=O) groups is 2. The molecule has 1 atom stereocenters. The topological polar surface area (TPSA) is 142 Å². The summed E-state index contributed by atoms with van der Waals surface area (Å²) in [6, 6.07) is 8.17.